The van der Waals surface area contributed by atoms with Crippen LogP contribution >= 0.6 is 11.6 Å². The zero-order chi connectivity index (χ0) is 14.7. The minimum atomic E-state index is -0.405. The molecule has 0 saturated carbocycles. The number of halogens is 2. The number of hydrogen-bond donors (Lipinski definition) is 0. The van der Waals surface area contributed by atoms with Crippen molar-refractivity contribution in [1.29, 1.82) is 0 Å². The standard InChI is InChI=1S/C15H16ClFN2O/c1-3-12-9-14(19(4-2)18-12)15(20)7-10-5-6-11(17)8-13(10)16/h5-6,8-9H,3-4,7H2,1-2H3. The third kappa shape index (κ3) is 3.07. The molecule has 0 amide bonds. The summed E-state index contributed by atoms with van der Waals surface area (Å²) in [6.45, 7) is 4.57. The van der Waals surface area contributed by atoms with Gasteiger partial charge in [-0.15, -0.1) is 0 Å². The van der Waals surface area contributed by atoms with Crippen molar-refractivity contribution in [3.8, 4) is 0 Å². The molecule has 0 fully saturated rings. The van der Waals surface area contributed by atoms with Crippen molar-refractivity contribution in [2.45, 2.75) is 33.2 Å². The smallest absolute Gasteiger partial charge is 0.185 e. The maximum atomic E-state index is 13.0. The molecule has 0 spiro atoms. The van der Waals surface area contributed by atoms with E-state index in [0.717, 1.165) is 12.1 Å². The van der Waals surface area contributed by atoms with Gasteiger partial charge in [0.1, 0.15) is 11.5 Å². The highest BCUT2D eigenvalue weighted by molar-refractivity contribution is 6.31. The number of benzene rings is 1. The van der Waals surface area contributed by atoms with Gasteiger partial charge in [-0.3, -0.25) is 9.48 Å². The third-order valence-corrected chi connectivity index (χ3v) is 3.50. The molecule has 2 aromatic rings. The second kappa shape index (κ2) is 6.18. The predicted molar refractivity (Wildman–Crippen MR) is 76.7 cm³/mol. The van der Waals surface area contributed by atoms with E-state index in [9.17, 15) is 9.18 Å². The Bertz CT molecular complexity index is 637. The molecule has 0 unspecified atom stereocenters. The summed E-state index contributed by atoms with van der Waals surface area (Å²) in [6.07, 6.45) is 0.929. The lowest BCUT2D eigenvalue weighted by atomic mass is 10.1. The first-order valence-corrected chi connectivity index (χ1v) is 6.96. The lowest BCUT2D eigenvalue weighted by Gasteiger charge is -2.05. The van der Waals surface area contributed by atoms with Gasteiger partial charge in [0.2, 0.25) is 0 Å². The molecule has 0 saturated heterocycles. The summed E-state index contributed by atoms with van der Waals surface area (Å²) in [5.41, 5.74) is 2.09. The van der Waals surface area contributed by atoms with Crippen molar-refractivity contribution in [1.82, 2.24) is 9.78 Å². The summed E-state index contributed by atoms with van der Waals surface area (Å²) in [5, 5.41) is 4.62. The molecule has 0 aliphatic carbocycles. The van der Waals surface area contributed by atoms with Gasteiger partial charge in [-0.1, -0.05) is 24.6 Å². The number of rotatable bonds is 5. The van der Waals surface area contributed by atoms with Crippen molar-refractivity contribution in [2.75, 3.05) is 0 Å². The maximum Gasteiger partial charge on any atom is 0.185 e. The lowest BCUT2D eigenvalue weighted by molar-refractivity contribution is 0.0982. The van der Waals surface area contributed by atoms with Gasteiger partial charge in [-0.05, 0) is 37.1 Å². The fourth-order valence-corrected chi connectivity index (χ4v) is 2.27. The molecule has 0 bridgehead atoms. The Morgan fingerprint density at radius 2 is 2.10 bits per heavy atom. The largest absolute Gasteiger partial charge is 0.292 e. The topological polar surface area (TPSA) is 34.9 Å². The summed E-state index contributed by atoms with van der Waals surface area (Å²) >= 11 is 5.95. The Morgan fingerprint density at radius 3 is 2.70 bits per heavy atom. The number of nitrogens with zero attached hydrogens (tertiary/aromatic N) is 2. The van der Waals surface area contributed by atoms with Crippen LogP contribution in [-0.4, -0.2) is 15.6 Å². The third-order valence-electron chi connectivity index (χ3n) is 3.14. The molecular formula is C15H16ClFN2O. The number of aromatic nitrogens is 2. The van der Waals surface area contributed by atoms with Gasteiger partial charge in [0.15, 0.2) is 5.78 Å². The van der Waals surface area contributed by atoms with E-state index in [1.807, 2.05) is 19.9 Å². The first-order chi connectivity index (χ1) is 9.55. The van der Waals surface area contributed by atoms with Gasteiger partial charge in [-0.25, -0.2) is 4.39 Å². The van der Waals surface area contributed by atoms with Crippen molar-refractivity contribution in [2.24, 2.45) is 0 Å². The average molecular weight is 295 g/mol. The number of carbonyl (C=O) groups is 1. The zero-order valence-electron chi connectivity index (χ0n) is 11.5. The van der Waals surface area contributed by atoms with Crippen LogP contribution < -0.4 is 0 Å². The highest BCUT2D eigenvalue weighted by Gasteiger charge is 2.16. The minimum absolute atomic E-state index is 0.0624. The van der Waals surface area contributed by atoms with Crippen LogP contribution in [0.2, 0.25) is 5.02 Å². The van der Waals surface area contributed by atoms with Gasteiger partial charge < -0.3 is 0 Å². The molecular weight excluding hydrogens is 279 g/mol. The molecule has 0 N–H and O–H groups in total. The van der Waals surface area contributed by atoms with E-state index in [1.165, 1.54) is 12.1 Å². The van der Waals surface area contributed by atoms with Gasteiger partial charge in [0.25, 0.3) is 0 Å². The lowest BCUT2D eigenvalue weighted by Crippen LogP contribution is -2.12. The van der Waals surface area contributed by atoms with Crippen molar-refractivity contribution in [3.63, 3.8) is 0 Å². The zero-order valence-corrected chi connectivity index (χ0v) is 12.2. The van der Waals surface area contributed by atoms with Gasteiger partial charge in [0.05, 0.1) is 5.69 Å². The Morgan fingerprint density at radius 1 is 1.35 bits per heavy atom. The van der Waals surface area contributed by atoms with Crippen molar-refractivity contribution >= 4 is 17.4 Å². The summed E-state index contributed by atoms with van der Waals surface area (Å²) < 4.78 is 14.7. The highest BCUT2D eigenvalue weighted by Crippen LogP contribution is 2.19. The first kappa shape index (κ1) is 14.7. The van der Waals surface area contributed by atoms with E-state index in [0.29, 0.717) is 17.8 Å². The maximum absolute atomic E-state index is 13.0. The van der Waals surface area contributed by atoms with Crippen LogP contribution in [0.25, 0.3) is 0 Å². The van der Waals surface area contributed by atoms with Gasteiger partial charge >= 0.3 is 0 Å². The molecule has 20 heavy (non-hydrogen) atoms. The normalized spacial score (nSPS) is 10.8. The van der Waals surface area contributed by atoms with Crippen LogP contribution in [0.15, 0.2) is 24.3 Å². The molecule has 3 nitrogen and oxygen atoms in total. The monoisotopic (exact) mass is 294 g/mol. The van der Waals surface area contributed by atoms with Crippen LogP contribution in [0.1, 0.15) is 35.6 Å². The summed E-state index contributed by atoms with van der Waals surface area (Å²) in [6, 6.07) is 5.88. The second-order valence-corrected chi connectivity index (χ2v) is 4.93. The van der Waals surface area contributed by atoms with Crippen LogP contribution in [0.3, 0.4) is 0 Å². The molecule has 1 aromatic carbocycles. The number of Topliss-reactive ketones (excluding diaryl/α,β-unsaturated/α-hetero) is 1. The van der Waals surface area contributed by atoms with Crippen LogP contribution in [0.4, 0.5) is 4.39 Å². The predicted octanol–water partition coefficient (Wildman–Crippen LogP) is 3.68. The van der Waals surface area contributed by atoms with Crippen molar-refractivity contribution < 1.29 is 9.18 Å². The minimum Gasteiger partial charge on any atom is -0.292 e. The summed E-state index contributed by atoms with van der Waals surface area (Å²) in [5.74, 6) is -0.467. The first-order valence-electron chi connectivity index (χ1n) is 6.59. The van der Waals surface area contributed by atoms with Crippen LogP contribution in [-0.2, 0) is 19.4 Å². The van der Waals surface area contributed by atoms with E-state index < -0.39 is 5.82 Å². The molecule has 0 atom stereocenters. The Hall–Kier alpha value is -1.68. The van der Waals surface area contributed by atoms with E-state index in [4.69, 9.17) is 11.6 Å². The molecule has 0 aliphatic rings. The molecule has 1 aromatic heterocycles. The van der Waals surface area contributed by atoms with Crippen LogP contribution in [0.5, 0.6) is 0 Å². The number of hydrogen-bond acceptors (Lipinski definition) is 2. The number of carbonyl (C=O) groups excluding carboxylic acids is 1. The van der Waals surface area contributed by atoms with E-state index in [2.05, 4.69) is 5.10 Å². The molecule has 106 valence electrons. The molecule has 2 rings (SSSR count). The number of aryl methyl sites for hydroxylation is 2. The fourth-order valence-electron chi connectivity index (χ4n) is 2.04. The Labute approximate surface area is 122 Å². The van der Waals surface area contributed by atoms with E-state index >= 15 is 0 Å². The van der Waals surface area contributed by atoms with E-state index in [-0.39, 0.29) is 17.2 Å². The molecule has 0 radical (unpaired) electrons. The second-order valence-electron chi connectivity index (χ2n) is 4.53. The van der Waals surface area contributed by atoms with Crippen LogP contribution in [0, 0.1) is 5.82 Å². The van der Waals surface area contributed by atoms with Crippen molar-refractivity contribution in [3.05, 3.63) is 52.1 Å². The molecule has 5 heteroatoms. The summed E-state index contributed by atoms with van der Waals surface area (Å²) in [7, 11) is 0. The SMILES string of the molecule is CCc1cc(C(=O)Cc2ccc(F)cc2Cl)n(CC)n1. The Balaban J connectivity index is 2.25. The highest BCUT2D eigenvalue weighted by atomic mass is 35.5. The Kier molecular flexibility index (Phi) is 4.55. The number of ketones is 1. The van der Waals surface area contributed by atoms with Gasteiger partial charge in [-0.2, -0.15) is 5.10 Å². The molecule has 1 heterocycles. The molecule has 0 aliphatic heterocycles. The quantitative estimate of drug-likeness (QED) is 0.788. The van der Waals surface area contributed by atoms with Gasteiger partial charge in [0, 0.05) is 18.0 Å². The summed E-state index contributed by atoms with van der Waals surface area (Å²) in [4.78, 5) is 12.3. The van der Waals surface area contributed by atoms with E-state index in [1.54, 1.807) is 10.7 Å². The average Bonchev–Trinajstić information content (AvgIpc) is 2.85. The fraction of sp³-hybridized carbons (Fsp3) is 0.333.